The fourth-order valence-electron chi connectivity index (χ4n) is 4.72. The molecule has 1 heterocycles. The van der Waals surface area contributed by atoms with E-state index in [1.165, 1.54) is 77.4 Å². The highest BCUT2D eigenvalue weighted by atomic mass is 16.8. The molecular weight excluding hydrogens is 304 g/mol. The van der Waals surface area contributed by atoms with Gasteiger partial charge in [0.25, 0.3) is 0 Å². The van der Waals surface area contributed by atoms with Crippen molar-refractivity contribution in [3.63, 3.8) is 0 Å². The molecule has 3 aliphatic rings. The van der Waals surface area contributed by atoms with Gasteiger partial charge in [-0.3, -0.25) is 0 Å². The third kappa shape index (κ3) is 4.20. The molecule has 0 spiro atoms. The first-order valence-corrected chi connectivity index (χ1v) is 9.74. The maximum atomic E-state index is 11.5. The molecule has 0 aromatic heterocycles. The van der Waals surface area contributed by atoms with Crippen LogP contribution in [-0.2, 0) is 19.0 Å². The summed E-state index contributed by atoms with van der Waals surface area (Å²) in [6.45, 7) is 1.94. The maximum absolute atomic E-state index is 11.5. The van der Waals surface area contributed by atoms with Crippen molar-refractivity contribution in [2.45, 2.75) is 89.1 Å². The topological polar surface area (TPSA) is 44.8 Å². The van der Waals surface area contributed by atoms with Gasteiger partial charge in [-0.1, -0.05) is 38.5 Å². The Balaban J connectivity index is 1.75. The number of carbonyl (C=O) groups excluding carboxylic acids is 1. The molecule has 2 aliphatic carbocycles. The van der Waals surface area contributed by atoms with E-state index in [0.29, 0.717) is 11.8 Å². The zero-order valence-corrected chi connectivity index (χ0v) is 15.2. The van der Waals surface area contributed by atoms with E-state index in [1.54, 1.807) is 6.08 Å². The molecule has 136 valence electrons. The van der Waals surface area contributed by atoms with Crippen LogP contribution in [0, 0.1) is 11.8 Å². The summed E-state index contributed by atoms with van der Waals surface area (Å²) in [5.74, 6) is 0.0233. The zero-order chi connectivity index (χ0) is 17.0. The first-order chi connectivity index (χ1) is 11.6. The lowest BCUT2D eigenvalue weighted by Crippen LogP contribution is -2.38. The van der Waals surface area contributed by atoms with Gasteiger partial charge >= 0.3 is 5.97 Å². The Bertz CT molecular complexity index is 421. The summed E-state index contributed by atoms with van der Waals surface area (Å²) in [5.41, 5.74) is 0. The van der Waals surface area contributed by atoms with Crippen LogP contribution in [0.3, 0.4) is 0 Å². The normalized spacial score (nSPS) is 32.2. The Morgan fingerprint density at radius 3 is 1.79 bits per heavy atom. The molecule has 1 saturated heterocycles. The average Bonchev–Trinajstić information content (AvgIpc) is 2.99. The summed E-state index contributed by atoms with van der Waals surface area (Å²) in [6.07, 6.45) is 16.4. The Hall–Kier alpha value is -0.870. The second kappa shape index (κ2) is 8.01. The van der Waals surface area contributed by atoms with E-state index in [-0.39, 0.29) is 18.2 Å². The highest BCUT2D eigenvalue weighted by Crippen LogP contribution is 2.44. The van der Waals surface area contributed by atoms with Crippen molar-refractivity contribution in [3.8, 4) is 0 Å². The third-order valence-electron chi connectivity index (χ3n) is 6.02. The largest absolute Gasteiger partial charge is 0.466 e. The van der Waals surface area contributed by atoms with Crippen molar-refractivity contribution in [2.75, 3.05) is 7.11 Å². The van der Waals surface area contributed by atoms with E-state index in [0.717, 1.165) is 0 Å². The van der Waals surface area contributed by atoms with Crippen molar-refractivity contribution in [2.24, 2.45) is 11.8 Å². The molecule has 4 heteroatoms. The Labute approximate surface area is 145 Å². The minimum atomic E-state index is -0.807. The Morgan fingerprint density at radius 2 is 1.38 bits per heavy atom. The van der Waals surface area contributed by atoms with Crippen molar-refractivity contribution in [3.05, 3.63) is 12.2 Å². The smallest absolute Gasteiger partial charge is 0.330 e. The van der Waals surface area contributed by atoms with E-state index in [4.69, 9.17) is 14.2 Å². The van der Waals surface area contributed by atoms with Gasteiger partial charge < -0.3 is 14.2 Å². The van der Waals surface area contributed by atoms with E-state index in [9.17, 15) is 4.79 Å². The van der Waals surface area contributed by atoms with Crippen molar-refractivity contribution in [1.82, 2.24) is 0 Å². The van der Waals surface area contributed by atoms with Gasteiger partial charge in [-0.25, -0.2) is 4.79 Å². The highest BCUT2D eigenvalue weighted by Gasteiger charge is 2.49. The molecule has 3 fully saturated rings. The predicted molar refractivity (Wildman–Crippen MR) is 92.5 cm³/mol. The molecule has 1 aliphatic heterocycles. The number of methoxy groups -OCH3 is 1. The molecule has 0 unspecified atom stereocenters. The molecule has 0 N–H and O–H groups in total. The Morgan fingerprint density at radius 1 is 0.917 bits per heavy atom. The van der Waals surface area contributed by atoms with Crippen LogP contribution in [0.4, 0.5) is 0 Å². The van der Waals surface area contributed by atoms with Gasteiger partial charge in [0.2, 0.25) is 0 Å². The summed E-state index contributed by atoms with van der Waals surface area (Å²) >= 11 is 0. The summed E-state index contributed by atoms with van der Waals surface area (Å²) in [6, 6.07) is 0. The second-order valence-corrected chi connectivity index (χ2v) is 7.83. The lowest BCUT2D eigenvalue weighted by atomic mass is 9.77. The fourth-order valence-corrected chi connectivity index (χ4v) is 4.72. The molecule has 2 saturated carbocycles. The highest BCUT2D eigenvalue weighted by molar-refractivity contribution is 5.81. The number of hydrogen-bond acceptors (Lipinski definition) is 4. The molecule has 0 aromatic carbocycles. The van der Waals surface area contributed by atoms with E-state index >= 15 is 0 Å². The van der Waals surface area contributed by atoms with Crippen molar-refractivity contribution >= 4 is 5.97 Å². The number of carbonyl (C=O) groups is 1. The number of ether oxygens (including phenoxy) is 3. The third-order valence-corrected chi connectivity index (χ3v) is 6.02. The van der Waals surface area contributed by atoms with Gasteiger partial charge in [-0.05, 0) is 50.5 Å². The van der Waals surface area contributed by atoms with Gasteiger partial charge in [0.05, 0.1) is 19.3 Å². The quantitative estimate of drug-likeness (QED) is 0.565. The number of hydrogen-bond donors (Lipinski definition) is 0. The van der Waals surface area contributed by atoms with Crippen molar-refractivity contribution in [1.29, 1.82) is 0 Å². The zero-order valence-electron chi connectivity index (χ0n) is 15.2. The molecule has 3 rings (SSSR count). The van der Waals surface area contributed by atoms with Crippen LogP contribution in [0.2, 0.25) is 0 Å². The summed E-state index contributed by atoms with van der Waals surface area (Å²) in [5, 5.41) is 0. The molecule has 4 nitrogen and oxygen atoms in total. The molecule has 0 radical (unpaired) electrons. The summed E-state index contributed by atoms with van der Waals surface area (Å²) in [7, 11) is 1.39. The molecule has 0 amide bonds. The fraction of sp³-hybridized carbons (Fsp3) is 0.850. The van der Waals surface area contributed by atoms with Gasteiger partial charge in [0, 0.05) is 6.08 Å². The Kier molecular flexibility index (Phi) is 5.98. The molecule has 0 aromatic rings. The minimum Gasteiger partial charge on any atom is -0.466 e. The molecule has 0 bridgehead atoms. The van der Waals surface area contributed by atoms with Crippen molar-refractivity contribution < 1.29 is 19.0 Å². The molecular formula is C20H32O4. The standard InChI is InChI=1S/C20H32O4/c1-20(14-13-17(21)22-2)23-18(15-9-5-3-6-10-15)19(24-20)16-11-7-4-8-12-16/h13-16,18-19H,3-12H2,1-2H3/b14-13+/t18-,19-/m1/s1. The van der Waals surface area contributed by atoms with Gasteiger partial charge in [-0.15, -0.1) is 0 Å². The summed E-state index contributed by atoms with van der Waals surface area (Å²) < 4.78 is 17.6. The predicted octanol–water partition coefficient (Wildman–Crippen LogP) is 4.38. The van der Waals surface area contributed by atoms with Crippen LogP contribution >= 0.6 is 0 Å². The van der Waals surface area contributed by atoms with Crippen LogP contribution < -0.4 is 0 Å². The average molecular weight is 336 g/mol. The van der Waals surface area contributed by atoms with E-state index in [1.807, 2.05) is 6.92 Å². The van der Waals surface area contributed by atoms with Crippen LogP contribution in [0.25, 0.3) is 0 Å². The monoisotopic (exact) mass is 336 g/mol. The van der Waals surface area contributed by atoms with Crippen LogP contribution in [-0.4, -0.2) is 31.1 Å². The van der Waals surface area contributed by atoms with Gasteiger partial charge in [0.1, 0.15) is 0 Å². The lowest BCUT2D eigenvalue weighted by molar-refractivity contribution is -0.139. The van der Waals surface area contributed by atoms with E-state index in [2.05, 4.69) is 0 Å². The molecule has 2 atom stereocenters. The van der Waals surface area contributed by atoms with Gasteiger partial charge in [-0.2, -0.15) is 0 Å². The summed E-state index contributed by atoms with van der Waals surface area (Å²) in [4.78, 5) is 11.5. The SMILES string of the molecule is COC(=O)/C=C/C1(C)O[C@H](C2CCCCC2)[C@@H](C2CCCCC2)O1. The van der Waals surface area contributed by atoms with Crippen LogP contribution in [0.1, 0.15) is 71.1 Å². The maximum Gasteiger partial charge on any atom is 0.330 e. The first kappa shape index (κ1) is 17.9. The first-order valence-electron chi connectivity index (χ1n) is 9.74. The lowest BCUT2D eigenvalue weighted by Gasteiger charge is -2.34. The minimum absolute atomic E-state index is 0.167. The second-order valence-electron chi connectivity index (χ2n) is 7.83. The number of esters is 1. The number of rotatable bonds is 4. The van der Waals surface area contributed by atoms with Crippen LogP contribution in [0.5, 0.6) is 0 Å². The molecule has 24 heavy (non-hydrogen) atoms. The van der Waals surface area contributed by atoms with E-state index < -0.39 is 5.79 Å². The van der Waals surface area contributed by atoms with Gasteiger partial charge in [0.15, 0.2) is 5.79 Å². The van der Waals surface area contributed by atoms with Crippen LogP contribution in [0.15, 0.2) is 12.2 Å².